The van der Waals surface area contributed by atoms with Crippen molar-refractivity contribution in [3.05, 3.63) is 110 Å². The lowest BCUT2D eigenvalue weighted by Gasteiger charge is -1.96. The van der Waals surface area contributed by atoms with Crippen molar-refractivity contribution in [1.29, 1.82) is 0 Å². The van der Waals surface area contributed by atoms with E-state index in [1.807, 2.05) is 30.3 Å². The van der Waals surface area contributed by atoms with Gasteiger partial charge in [0.05, 0.1) is 20.3 Å². The fourth-order valence-electron chi connectivity index (χ4n) is 2.45. The summed E-state index contributed by atoms with van der Waals surface area (Å²) in [5.41, 5.74) is -0.855. The number of nitrogens with zero attached hydrogens (tertiary/aromatic N) is 2. The fraction of sp³-hybridized carbons (Fsp3) is 0.0909. The summed E-state index contributed by atoms with van der Waals surface area (Å²) < 4.78 is 29.2. The second-order valence-electron chi connectivity index (χ2n) is 6.69. The second kappa shape index (κ2) is 13.9. The minimum Gasteiger partial charge on any atom is -0.481 e. The number of benzene rings is 3. The third kappa shape index (κ3) is 10.5. The molecule has 0 unspecified atom stereocenters. The Morgan fingerprint density at radius 3 is 1.67 bits per heavy atom. The molecule has 14 heteroatoms. The van der Waals surface area contributed by atoms with E-state index in [9.17, 15) is 38.2 Å². The molecule has 0 saturated carbocycles. The number of nitro groups is 2. The van der Waals surface area contributed by atoms with Crippen LogP contribution in [-0.2, 0) is 21.3 Å². The molecule has 13 nitrogen and oxygen atoms in total. The van der Waals surface area contributed by atoms with E-state index in [1.165, 1.54) is 12.1 Å². The van der Waals surface area contributed by atoms with Gasteiger partial charge in [-0.3, -0.25) is 29.6 Å². The van der Waals surface area contributed by atoms with E-state index in [1.54, 1.807) is 18.2 Å². The van der Waals surface area contributed by atoms with E-state index in [4.69, 9.17) is 14.8 Å². The number of aromatic carboxylic acids is 1. The van der Waals surface area contributed by atoms with Crippen LogP contribution < -0.4 is 0 Å². The summed E-state index contributed by atoms with van der Waals surface area (Å²) in [5, 5.41) is 37.7. The van der Waals surface area contributed by atoms with Crippen molar-refractivity contribution < 1.29 is 42.6 Å². The zero-order valence-corrected chi connectivity index (χ0v) is 19.1. The minimum atomic E-state index is -4.00. The average Bonchev–Trinajstić information content (AvgIpc) is 2.83. The van der Waals surface area contributed by atoms with Crippen LogP contribution >= 0.6 is 0 Å². The molecule has 0 saturated heterocycles. The first-order valence-corrected chi connectivity index (χ1v) is 11.2. The zero-order valence-electron chi connectivity index (χ0n) is 18.3. The van der Waals surface area contributed by atoms with Crippen LogP contribution in [0.15, 0.2) is 83.8 Å². The first-order chi connectivity index (χ1) is 16.8. The molecular formula is C22H20N2O11S. The molecule has 190 valence electrons. The fourth-order valence-corrected chi connectivity index (χ4v) is 2.95. The number of nitro benzene ring substituents is 2. The molecule has 0 fully saturated rings. The number of hydrogen-bond donors (Lipinski definition) is 3. The van der Waals surface area contributed by atoms with E-state index in [2.05, 4.69) is 0 Å². The highest BCUT2D eigenvalue weighted by atomic mass is 32.2. The largest absolute Gasteiger partial charge is 0.481 e. The summed E-state index contributed by atoms with van der Waals surface area (Å²) in [4.78, 5) is 39.4. The van der Waals surface area contributed by atoms with E-state index < -0.39 is 43.3 Å². The maximum Gasteiger partial charge on any atom is 0.346 e. The number of aliphatic carboxylic acids is 1. The number of rotatable bonds is 7. The van der Waals surface area contributed by atoms with Crippen molar-refractivity contribution in [2.45, 2.75) is 17.7 Å². The van der Waals surface area contributed by atoms with E-state index >= 15 is 0 Å². The molecule has 0 radical (unpaired) electrons. The van der Waals surface area contributed by atoms with Gasteiger partial charge in [-0.1, -0.05) is 48.5 Å². The Bertz CT molecular complexity index is 1310. The molecule has 0 aliphatic carbocycles. The van der Waals surface area contributed by atoms with Crippen molar-refractivity contribution in [3.8, 4) is 0 Å². The van der Waals surface area contributed by atoms with Gasteiger partial charge in [-0.25, -0.2) is 4.79 Å². The Hall–Kier alpha value is -4.69. The van der Waals surface area contributed by atoms with Crippen molar-refractivity contribution in [2.24, 2.45) is 0 Å². The van der Waals surface area contributed by atoms with Crippen molar-refractivity contribution >= 4 is 33.4 Å². The smallest absolute Gasteiger partial charge is 0.346 e. The predicted molar refractivity (Wildman–Crippen MR) is 125 cm³/mol. The average molecular weight is 520 g/mol. The van der Waals surface area contributed by atoms with Crippen LogP contribution in [0.3, 0.4) is 0 Å². The Balaban J connectivity index is 0.000000277. The Morgan fingerprint density at radius 2 is 1.28 bits per heavy atom. The van der Waals surface area contributed by atoms with Crippen LogP contribution in [0, 0.1) is 20.2 Å². The Kier molecular flexibility index (Phi) is 11.3. The first-order valence-electron chi connectivity index (χ1n) is 9.77. The number of carboxylic acids is 2. The summed E-state index contributed by atoms with van der Waals surface area (Å²) in [6, 6.07) is 19.4. The van der Waals surface area contributed by atoms with E-state index in [0.717, 1.165) is 17.7 Å². The summed E-state index contributed by atoms with van der Waals surface area (Å²) in [5.74, 6) is -2.12. The van der Waals surface area contributed by atoms with Gasteiger partial charge >= 0.3 is 23.3 Å². The van der Waals surface area contributed by atoms with Gasteiger partial charge in [0, 0.05) is 18.6 Å². The number of carbonyl (C=O) groups is 2. The maximum atomic E-state index is 10.5. The molecule has 0 aliphatic heterocycles. The summed E-state index contributed by atoms with van der Waals surface area (Å²) >= 11 is 0. The van der Waals surface area contributed by atoms with Crippen LogP contribution in [0.4, 0.5) is 11.4 Å². The highest BCUT2D eigenvalue weighted by Gasteiger charge is 2.25. The standard InChI is InChI=1S/C9H10O2.C7H4N2O6.C6H6O3S/c10-9(11)7-6-8-4-2-1-3-5-8;10-7(11)4-1-2-5(8(12)13)6(3-4)9(14)15;7-10(8,9)6-4-2-1-3-5-6/h1-5H,6-7H2,(H,10,11);1-3H,(H,10,11);1-5H,(H,7,8,9). The van der Waals surface area contributed by atoms with E-state index in [-0.39, 0.29) is 16.9 Å². The Labute approximate surface area is 204 Å². The van der Waals surface area contributed by atoms with E-state index in [0.29, 0.717) is 12.5 Å². The molecule has 3 N–H and O–H groups in total. The highest BCUT2D eigenvalue weighted by Crippen LogP contribution is 2.27. The molecule has 0 heterocycles. The molecule has 3 aromatic rings. The first kappa shape index (κ1) is 29.3. The lowest BCUT2D eigenvalue weighted by Crippen LogP contribution is -2.01. The normalized spacial score (nSPS) is 10.0. The lowest BCUT2D eigenvalue weighted by atomic mass is 10.1. The number of hydrogen-bond acceptors (Lipinski definition) is 8. The molecule has 3 rings (SSSR count). The van der Waals surface area contributed by atoms with Crippen LogP contribution in [0.25, 0.3) is 0 Å². The maximum absolute atomic E-state index is 10.5. The molecule has 0 bridgehead atoms. The van der Waals surface area contributed by atoms with Gasteiger partial charge in [0.15, 0.2) is 0 Å². The van der Waals surface area contributed by atoms with Gasteiger partial charge in [-0.05, 0) is 30.2 Å². The summed E-state index contributed by atoms with van der Waals surface area (Å²) in [6.45, 7) is 0. The third-order valence-corrected chi connectivity index (χ3v) is 5.00. The summed E-state index contributed by atoms with van der Waals surface area (Å²) in [7, 11) is -4.00. The van der Waals surface area contributed by atoms with Crippen LogP contribution in [0.1, 0.15) is 22.3 Å². The topological polar surface area (TPSA) is 215 Å². The predicted octanol–water partition coefficient (Wildman–Crippen LogP) is 3.84. The number of carboxylic acid groups (broad SMARTS) is 2. The van der Waals surface area contributed by atoms with Crippen LogP contribution in [0.2, 0.25) is 0 Å². The molecule has 0 spiro atoms. The number of aryl methyl sites for hydroxylation is 1. The van der Waals surface area contributed by atoms with Crippen molar-refractivity contribution in [3.63, 3.8) is 0 Å². The molecule has 0 aliphatic rings. The van der Waals surface area contributed by atoms with Gasteiger partial charge in [0.1, 0.15) is 0 Å². The molecule has 36 heavy (non-hydrogen) atoms. The zero-order chi connectivity index (χ0) is 27.3. The molecule has 0 atom stereocenters. The Morgan fingerprint density at radius 1 is 0.778 bits per heavy atom. The summed E-state index contributed by atoms with van der Waals surface area (Å²) in [6.07, 6.45) is 0.834. The minimum absolute atomic E-state index is 0.0741. The van der Waals surface area contributed by atoms with Gasteiger partial charge in [0.25, 0.3) is 10.1 Å². The highest BCUT2D eigenvalue weighted by molar-refractivity contribution is 7.85. The van der Waals surface area contributed by atoms with Gasteiger partial charge in [-0.15, -0.1) is 0 Å². The van der Waals surface area contributed by atoms with Crippen molar-refractivity contribution in [1.82, 2.24) is 0 Å². The molecular weight excluding hydrogens is 500 g/mol. The molecule has 3 aromatic carbocycles. The van der Waals surface area contributed by atoms with Gasteiger partial charge < -0.3 is 10.2 Å². The SMILES string of the molecule is O=C(O)CCc1ccccc1.O=C(O)c1ccc([N+](=O)[O-])c([N+](=O)[O-])c1.O=S(=O)(O)c1ccccc1. The monoisotopic (exact) mass is 520 g/mol. The van der Waals surface area contributed by atoms with Crippen molar-refractivity contribution in [2.75, 3.05) is 0 Å². The van der Waals surface area contributed by atoms with Gasteiger partial charge in [0.2, 0.25) is 0 Å². The third-order valence-electron chi connectivity index (χ3n) is 4.13. The second-order valence-corrected chi connectivity index (χ2v) is 8.11. The lowest BCUT2D eigenvalue weighted by molar-refractivity contribution is -0.422. The quantitative estimate of drug-likeness (QED) is 0.231. The van der Waals surface area contributed by atoms with Crippen LogP contribution in [0.5, 0.6) is 0 Å². The molecule has 0 aromatic heterocycles. The van der Waals surface area contributed by atoms with Crippen LogP contribution in [-0.4, -0.2) is 45.0 Å². The van der Waals surface area contributed by atoms with Gasteiger partial charge in [-0.2, -0.15) is 8.42 Å². The molecule has 0 amide bonds.